The highest BCUT2D eigenvalue weighted by atomic mass is 35.5. The fraction of sp³-hybridized carbons (Fsp3) is 0.571. The maximum absolute atomic E-state index is 12.9. The van der Waals surface area contributed by atoms with Crippen LogP contribution in [0, 0.1) is 17.8 Å². The summed E-state index contributed by atoms with van der Waals surface area (Å²) in [7, 11) is 0. The number of hydrogen-bond donors (Lipinski definition) is 2. The SMILES string of the molecule is O=C(On1c(O)ccc1O)N1CC2CN(Cc3ccc(Cl)cc3N3CCC(C(=O)N4CCCC4)CC3)CC2C1. The predicted octanol–water partition coefficient (Wildman–Crippen LogP) is 3.00. The zero-order valence-corrected chi connectivity index (χ0v) is 22.8. The Labute approximate surface area is 233 Å². The second-order valence-electron chi connectivity index (χ2n) is 11.4. The summed E-state index contributed by atoms with van der Waals surface area (Å²) < 4.78 is 0.732. The summed E-state index contributed by atoms with van der Waals surface area (Å²) in [5.74, 6) is 0.488. The molecule has 4 aliphatic rings. The zero-order valence-electron chi connectivity index (χ0n) is 22.0. The highest BCUT2D eigenvalue weighted by Crippen LogP contribution is 2.35. The Hall–Kier alpha value is -3.11. The van der Waals surface area contributed by atoms with Gasteiger partial charge in [-0.05, 0) is 55.2 Å². The summed E-state index contributed by atoms with van der Waals surface area (Å²) in [4.78, 5) is 39.2. The number of amides is 2. The molecule has 2 unspecified atom stereocenters. The molecule has 2 aromatic rings. The van der Waals surface area contributed by atoms with Crippen molar-refractivity contribution in [3.63, 3.8) is 0 Å². The number of carbonyl (C=O) groups excluding carboxylic acids is 2. The fourth-order valence-corrected chi connectivity index (χ4v) is 6.94. The minimum Gasteiger partial charge on any atom is -0.492 e. The number of hydrogen-bond acceptors (Lipinski definition) is 7. The Bertz CT molecular complexity index is 1190. The minimum atomic E-state index is -0.579. The Morgan fingerprint density at radius 1 is 0.872 bits per heavy atom. The van der Waals surface area contributed by atoms with E-state index in [2.05, 4.69) is 21.9 Å². The third kappa shape index (κ3) is 5.36. The van der Waals surface area contributed by atoms with Crippen LogP contribution in [0.1, 0.15) is 31.2 Å². The number of anilines is 1. The molecule has 6 rings (SSSR count). The summed E-state index contributed by atoms with van der Waals surface area (Å²) in [5, 5.41) is 20.2. The topological polar surface area (TPSA) is 102 Å². The van der Waals surface area contributed by atoms with E-state index in [1.54, 1.807) is 4.90 Å². The van der Waals surface area contributed by atoms with Crippen LogP contribution in [-0.2, 0) is 11.3 Å². The lowest BCUT2D eigenvalue weighted by Crippen LogP contribution is -2.42. The van der Waals surface area contributed by atoms with Gasteiger partial charge < -0.3 is 29.8 Å². The molecule has 2 atom stereocenters. The fourth-order valence-electron chi connectivity index (χ4n) is 6.77. The average Bonchev–Trinajstić information content (AvgIpc) is 3.72. The second kappa shape index (κ2) is 10.8. The highest BCUT2D eigenvalue weighted by Gasteiger charge is 2.42. The van der Waals surface area contributed by atoms with Crippen LogP contribution in [0.4, 0.5) is 10.5 Å². The smallest absolute Gasteiger partial charge is 0.434 e. The molecule has 5 heterocycles. The first-order valence-corrected chi connectivity index (χ1v) is 14.3. The lowest BCUT2D eigenvalue weighted by Gasteiger charge is -2.36. The lowest BCUT2D eigenvalue weighted by atomic mass is 9.94. The van der Waals surface area contributed by atoms with E-state index in [1.807, 2.05) is 11.0 Å². The van der Waals surface area contributed by atoms with Crippen molar-refractivity contribution in [3.8, 4) is 11.8 Å². The van der Waals surface area contributed by atoms with E-state index >= 15 is 0 Å². The monoisotopic (exact) mass is 557 g/mol. The number of aromatic hydroxyl groups is 2. The predicted molar refractivity (Wildman–Crippen MR) is 146 cm³/mol. The lowest BCUT2D eigenvalue weighted by molar-refractivity contribution is -0.135. The normalized spacial score (nSPS) is 24.0. The highest BCUT2D eigenvalue weighted by molar-refractivity contribution is 6.30. The van der Waals surface area contributed by atoms with E-state index in [0.717, 1.165) is 86.9 Å². The summed E-state index contributed by atoms with van der Waals surface area (Å²) in [5.41, 5.74) is 2.39. The third-order valence-electron chi connectivity index (χ3n) is 8.83. The molecule has 39 heavy (non-hydrogen) atoms. The summed E-state index contributed by atoms with van der Waals surface area (Å²) >= 11 is 6.43. The van der Waals surface area contributed by atoms with Crippen LogP contribution >= 0.6 is 11.6 Å². The molecular formula is C28H36ClN5O5. The molecule has 4 aliphatic heterocycles. The third-order valence-corrected chi connectivity index (χ3v) is 9.07. The van der Waals surface area contributed by atoms with Crippen molar-refractivity contribution >= 4 is 29.3 Å². The molecule has 11 heteroatoms. The Balaban J connectivity index is 1.04. The first kappa shape index (κ1) is 26.1. The summed E-state index contributed by atoms with van der Waals surface area (Å²) in [6.45, 7) is 7.25. The number of piperidine rings is 1. The first-order valence-electron chi connectivity index (χ1n) is 14.0. The Kier molecular flexibility index (Phi) is 7.24. The van der Waals surface area contributed by atoms with Gasteiger partial charge in [0.1, 0.15) is 0 Å². The van der Waals surface area contributed by atoms with Crippen molar-refractivity contribution in [2.75, 3.05) is 57.3 Å². The number of likely N-dealkylation sites (tertiary alicyclic amines) is 3. The van der Waals surface area contributed by atoms with E-state index < -0.39 is 6.09 Å². The van der Waals surface area contributed by atoms with E-state index in [-0.39, 0.29) is 17.7 Å². The molecular weight excluding hydrogens is 522 g/mol. The molecule has 4 saturated heterocycles. The van der Waals surface area contributed by atoms with Crippen LogP contribution in [0.15, 0.2) is 30.3 Å². The van der Waals surface area contributed by atoms with Crippen molar-refractivity contribution in [1.29, 1.82) is 0 Å². The van der Waals surface area contributed by atoms with Gasteiger partial charge in [-0.2, -0.15) is 0 Å². The van der Waals surface area contributed by atoms with Crippen LogP contribution in [0.5, 0.6) is 11.8 Å². The maximum Gasteiger partial charge on any atom is 0.434 e. The molecule has 4 fully saturated rings. The van der Waals surface area contributed by atoms with Gasteiger partial charge in [0.2, 0.25) is 17.7 Å². The van der Waals surface area contributed by atoms with Crippen molar-refractivity contribution in [1.82, 2.24) is 19.4 Å². The van der Waals surface area contributed by atoms with Crippen molar-refractivity contribution in [2.45, 2.75) is 32.2 Å². The molecule has 2 amide bonds. The largest absolute Gasteiger partial charge is 0.492 e. The van der Waals surface area contributed by atoms with E-state index in [4.69, 9.17) is 16.4 Å². The van der Waals surface area contributed by atoms with Gasteiger partial charge in [0.05, 0.1) is 0 Å². The number of nitrogens with zero attached hydrogens (tertiary/aromatic N) is 5. The maximum atomic E-state index is 12.9. The van der Waals surface area contributed by atoms with Crippen LogP contribution < -0.4 is 9.74 Å². The minimum absolute atomic E-state index is 0.125. The van der Waals surface area contributed by atoms with Gasteiger partial charge in [-0.25, -0.2) is 4.79 Å². The van der Waals surface area contributed by atoms with E-state index in [0.29, 0.717) is 30.8 Å². The number of carbonyl (C=O) groups is 2. The summed E-state index contributed by atoms with van der Waals surface area (Å²) in [6, 6.07) is 8.65. The van der Waals surface area contributed by atoms with Crippen molar-refractivity contribution in [3.05, 3.63) is 40.9 Å². The van der Waals surface area contributed by atoms with Gasteiger partial charge in [-0.1, -0.05) is 17.7 Å². The van der Waals surface area contributed by atoms with Gasteiger partial charge in [-0.3, -0.25) is 9.69 Å². The molecule has 0 saturated carbocycles. The van der Waals surface area contributed by atoms with Gasteiger partial charge in [0, 0.05) is 87.7 Å². The molecule has 2 N–H and O–H groups in total. The van der Waals surface area contributed by atoms with Crippen molar-refractivity contribution < 1.29 is 24.6 Å². The van der Waals surface area contributed by atoms with Gasteiger partial charge in [-0.15, -0.1) is 4.73 Å². The molecule has 1 aromatic heterocycles. The molecule has 0 radical (unpaired) electrons. The number of benzene rings is 1. The Morgan fingerprint density at radius 3 is 2.15 bits per heavy atom. The van der Waals surface area contributed by atoms with Gasteiger partial charge >= 0.3 is 6.09 Å². The van der Waals surface area contributed by atoms with Crippen LogP contribution in [0.25, 0.3) is 0 Å². The Morgan fingerprint density at radius 2 is 1.51 bits per heavy atom. The van der Waals surface area contributed by atoms with E-state index in [9.17, 15) is 19.8 Å². The van der Waals surface area contributed by atoms with Gasteiger partial charge in [0.25, 0.3) is 0 Å². The molecule has 1 aromatic carbocycles. The quantitative estimate of drug-likeness (QED) is 0.583. The molecule has 0 bridgehead atoms. The number of halogens is 1. The zero-order chi connectivity index (χ0) is 27.1. The van der Waals surface area contributed by atoms with Crippen LogP contribution in [0.2, 0.25) is 5.02 Å². The number of fused-ring (bicyclic) bond motifs is 1. The van der Waals surface area contributed by atoms with Crippen molar-refractivity contribution in [2.24, 2.45) is 17.8 Å². The summed E-state index contributed by atoms with van der Waals surface area (Å²) in [6.07, 6.45) is 3.42. The number of rotatable bonds is 5. The molecule has 210 valence electrons. The first-order chi connectivity index (χ1) is 18.9. The average molecular weight is 558 g/mol. The van der Waals surface area contributed by atoms with Gasteiger partial charge in [0.15, 0.2) is 0 Å². The standard InChI is InChI=1S/C28H36ClN5O5/c29-23-4-3-20(24(13-23)31-11-7-19(8-12-31)27(37)32-9-1-2-10-32)14-30-15-21-17-33(18-22(21)16-30)28(38)39-34-25(35)5-6-26(34)36/h3-6,13,19,21-22,35-36H,1-2,7-12,14-18H2. The molecule has 10 nitrogen and oxygen atoms in total. The van der Waals surface area contributed by atoms with E-state index in [1.165, 1.54) is 17.7 Å². The molecule has 0 spiro atoms. The molecule has 0 aliphatic carbocycles. The number of aromatic nitrogens is 1. The van der Waals surface area contributed by atoms with Crippen LogP contribution in [-0.4, -0.2) is 94.0 Å². The van der Waals surface area contributed by atoms with Crippen LogP contribution in [0.3, 0.4) is 0 Å². The second-order valence-corrected chi connectivity index (χ2v) is 11.8.